The van der Waals surface area contributed by atoms with Crippen LogP contribution in [0, 0.1) is 0 Å². The average molecular weight is 285 g/mol. The number of nitrogen functional groups attached to an aromatic ring is 1. The van der Waals surface area contributed by atoms with Crippen LogP contribution in [-0.4, -0.2) is 17.5 Å². The van der Waals surface area contributed by atoms with Crippen LogP contribution in [0.5, 0.6) is 0 Å². The van der Waals surface area contributed by atoms with Crippen molar-refractivity contribution in [2.24, 2.45) is 0 Å². The SMILES string of the molecule is CCCN(Cc1ccc(N)c(Br)c1)C(C)C. The second kappa shape index (κ2) is 6.26. The smallest absolute Gasteiger partial charge is 0.0458 e. The first-order valence-corrected chi connectivity index (χ1v) is 6.61. The van der Waals surface area contributed by atoms with Crippen LogP contribution in [-0.2, 0) is 6.54 Å². The van der Waals surface area contributed by atoms with E-state index in [1.165, 1.54) is 12.0 Å². The summed E-state index contributed by atoms with van der Waals surface area (Å²) in [4.78, 5) is 2.47. The molecule has 0 saturated heterocycles. The van der Waals surface area contributed by atoms with E-state index < -0.39 is 0 Å². The highest BCUT2D eigenvalue weighted by molar-refractivity contribution is 9.10. The Morgan fingerprint density at radius 1 is 1.38 bits per heavy atom. The third-order valence-electron chi connectivity index (χ3n) is 2.69. The maximum Gasteiger partial charge on any atom is 0.0458 e. The van der Waals surface area contributed by atoms with E-state index in [0.717, 1.165) is 23.2 Å². The third-order valence-corrected chi connectivity index (χ3v) is 3.38. The Morgan fingerprint density at radius 3 is 2.56 bits per heavy atom. The van der Waals surface area contributed by atoms with E-state index in [2.05, 4.69) is 53.7 Å². The number of anilines is 1. The Balaban J connectivity index is 2.73. The summed E-state index contributed by atoms with van der Waals surface area (Å²) < 4.78 is 0.991. The lowest BCUT2D eigenvalue weighted by Gasteiger charge is -2.26. The number of hydrogen-bond donors (Lipinski definition) is 1. The van der Waals surface area contributed by atoms with Gasteiger partial charge < -0.3 is 5.73 Å². The maximum absolute atomic E-state index is 5.78. The van der Waals surface area contributed by atoms with Gasteiger partial charge in [-0.1, -0.05) is 13.0 Å². The van der Waals surface area contributed by atoms with E-state index in [9.17, 15) is 0 Å². The third kappa shape index (κ3) is 3.80. The molecule has 0 heterocycles. The molecular formula is C13H21BrN2. The molecule has 1 aromatic rings. The van der Waals surface area contributed by atoms with Crippen molar-refractivity contribution in [1.82, 2.24) is 4.90 Å². The van der Waals surface area contributed by atoms with Gasteiger partial charge in [0, 0.05) is 22.7 Å². The molecule has 2 N–H and O–H groups in total. The second-order valence-corrected chi connectivity index (χ2v) is 5.27. The minimum absolute atomic E-state index is 0.580. The van der Waals surface area contributed by atoms with E-state index in [1.54, 1.807) is 0 Å². The van der Waals surface area contributed by atoms with Crippen molar-refractivity contribution in [2.45, 2.75) is 39.8 Å². The maximum atomic E-state index is 5.78. The van der Waals surface area contributed by atoms with Crippen LogP contribution in [0.2, 0.25) is 0 Å². The van der Waals surface area contributed by atoms with E-state index in [-0.39, 0.29) is 0 Å². The molecule has 16 heavy (non-hydrogen) atoms. The first-order valence-electron chi connectivity index (χ1n) is 5.82. The summed E-state index contributed by atoms with van der Waals surface area (Å²) in [5.74, 6) is 0. The van der Waals surface area contributed by atoms with E-state index in [1.807, 2.05) is 6.07 Å². The fourth-order valence-corrected chi connectivity index (χ4v) is 2.14. The average Bonchev–Trinajstić information content (AvgIpc) is 2.22. The molecule has 0 amide bonds. The van der Waals surface area contributed by atoms with Crippen LogP contribution >= 0.6 is 15.9 Å². The Labute approximate surface area is 107 Å². The van der Waals surface area contributed by atoms with Crippen LogP contribution in [0.1, 0.15) is 32.8 Å². The highest BCUT2D eigenvalue weighted by atomic mass is 79.9. The molecular weight excluding hydrogens is 264 g/mol. The van der Waals surface area contributed by atoms with Crippen LogP contribution in [0.3, 0.4) is 0 Å². The molecule has 90 valence electrons. The van der Waals surface area contributed by atoms with Gasteiger partial charge in [0.2, 0.25) is 0 Å². The monoisotopic (exact) mass is 284 g/mol. The normalized spacial score (nSPS) is 11.4. The largest absolute Gasteiger partial charge is 0.398 e. The van der Waals surface area contributed by atoms with Crippen LogP contribution in [0.4, 0.5) is 5.69 Å². The lowest BCUT2D eigenvalue weighted by Crippen LogP contribution is -2.31. The molecule has 0 bridgehead atoms. The van der Waals surface area contributed by atoms with Crippen molar-refractivity contribution in [3.05, 3.63) is 28.2 Å². The molecule has 1 aromatic carbocycles. The highest BCUT2D eigenvalue weighted by Crippen LogP contribution is 2.21. The Hall–Kier alpha value is -0.540. The Bertz CT molecular complexity index is 337. The molecule has 0 aliphatic heterocycles. The lowest BCUT2D eigenvalue weighted by molar-refractivity contribution is 0.213. The van der Waals surface area contributed by atoms with E-state index in [4.69, 9.17) is 5.73 Å². The van der Waals surface area contributed by atoms with Gasteiger partial charge in [-0.25, -0.2) is 0 Å². The molecule has 0 atom stereocenters. The summed E-state index contributed by atoms with van der Waals surface area (Å²) >= 11 is 3.47. The molecule has 3 heteroatoms. The number of halogens is 1. The van der Waals surface area contributed by atoms with Gasteiger partial charge in [0.15, 0.2) is 0 Å². The van der Waals surface area contributed by atoms with Gasteiger partial charge in [0.05, 0.1) is 0 Å². The molecule has 0 unspecified atom stereocenters. The standard InChI is InChI=1S/C13H21BrN2/c1-4-7-16(10(2)3)9-11-5-6-13(15)12(14)8-11/h5-6,8,10H,4,7,9,15H2,1-3H3. The van der Waals surface area contributed by atoms with Gasteiger partial charge in [0.25, 0.3) is 0 Å². The first-order chi connectivity index (χ1) is 7.54. The summed E-state index contributed by atoms with van der Waals surface area (Å²) in [5.41, 5.74) is 7.89. The number of rotatable bonds is 5. The summed E-state index contributed by atoms with van der Waals surface area (Å²) in [6.07, 6.45) is 1.19. The number of nitrogens with two attached hydrogens (primary N) is 1. The minimum atomic E-state index is 0.580. The van der Waals surface area contributed by atoms with Gasteiger partial charge in [-0.05, 0) is 60.4 Å². The van der Waals surface area contributed by atoms with Gasteiger partial charge in [0.1, 0.15) is 0 Å². The van der Waals surface area contributed by atoms with E-state index >= 15 is 0 Å². The van der Waals surface area contributed by atoms with Crippen molar-refractivity contribution < 1.29 is 0 Å². The molecule has 0 aromatic heterocycles. The van der Waals surface area contributed by atoms with Crippen LogP contribution < -0.4 is 5.73 Å². The topological polar surface area (TPSA) is 29.3 Å². The molecule has 0 spiro atoms. The van der Waals surface area contributed by atoms with Gasteiger partial charge >= 0.3 is 0 Å². The van der Waals surface area contributed by atoms with Crippen LogP contribution in [0.15, 0.2) is 22.7 Å². The number of benzene rings is 1. The van der Waals surface area contributed by atoms with Gasteiger partial charge in [-0.15, -0.1) is 0 Å². The zero-order chi connectivity index (χ0) is 12.1. The molecule has 0 radical (unpaired) electrons. The molecule has 0 saturated carbocycles. The van der Waals surface area contributed by atoms with Gasteiger partial charge in [-0.2, -0.15) is 0 Å². The van der Waals surface area contributed by atoms with Crippen molar-refractivity contribution in [3.8, 4) is 0 Å². The zero-order valence-corrected chi connectivity index (χ0v) is 11.9. The van der Waals surface area contributed by atoms with Crippen molar-refractivity contribution in [1.29, 1.82) is 0 Å². The fourth-order valence-electron chi connectivity index (χ4n) is 1.71. The second-order valence-electron chi connectivity index (χ2n) is 4.42. The van der Waals surface area contributed by atoms with Crippen molar-refractivity contribution in [2.75, 3.05) is 12.3 Å². The molecule has 0 aliphatic carbocycles. The number of nitrogens with zero attached hydrogens (tertiary/aromatic N) is 1. The predicted octanol–water partition coefficient (Wildman–Crippen LogP) is 3.65. The first kappa shape index (κ1) is 13.5. The highest BCUT2D eigenvalue weighted by Gasteiger charge is 2.09. The molecule has 2 nitrogen and oxygen atoms in total. The summed E-state index contributed by atoms with van der Waals surface area (Å²) in [7, 11) is 0. The lowest BCUT2D eigenvalue weighted by atomic mass is 10.1. The van der Waals surface area contributed by atoms with Gasteiger partial charge in [-0.3, -0.25) is 4.90 Å². The minimum Gasteiger partial charge on any atom is -0.398 e. The molecule has 1 rings (SSSR count). The molecule has 0 aliphatic rings. The summed E-state index contributed by atoms with van der Waals surface area (Å²) in [5, 5.41) is 0. The number of hydrogen-bond acceptors (Lipinski definition) is 2. The Kier molecular flexibility index (Phi) is 5.29. The predicted molar refractivity (Wildman–Crippen MR) is 74.4 cm³/mol. The van der Waals surface area contributed by atoms with Crippen molar-refractivity contribution >= 4 is 21.6 Å². The summed E-state index contributed by atoms with van der Waals surface area (Å²) in [6, 6.07) is 6.76. The van der Waals surface area contributed by atoms with Crippen LogP contribution in [0.25, 0.3) is 0 Å². The quantitative estimate of drug-likeness (QED) is 0.837. The van der Waals surface area contributed by atoms with Crippen molar-refractivity contribution in [3.63, 3.8) is 0 Å². The fraction of sp³-hybridized carbons (Fsp3) is 0.538. The molecule has 0 fully saturated rings. The Morgan fingerprint density at radius 2 is 2.06 bits per heavy atom. The summed E-state index contributed by atoms with van der Waals surface area (Å²) in [6.45, 7) is 8.82. The van der Waals surface area contributed by atoms with E-state index in [0.29, 0.717) is 6.04 Å². The zero-order valence-electron chi connectivity index (χ0n) is 10.3.